The minimum absolute atomic E-state index is 0. The highest BCUT2D eigenvalue weighted by atomic mass is 16.2. The number of rotatable bonds is 6. The molecule has 1 aromatic carbocycles. The number of carbonyl (C=O) groups excluding carboxylic acids is 2. The maximum atomic E-state index is 12.9. The first-order valence-electron chi connectivity index (χ1n) is 12.2. The molecule has 0 saturated heterocycles. The van der Waals surface area contributed by atoms with Gasteiger partial charge in [-0.15, -0.1) is 0 Å². The van der Waals surface area contributed by atoms with E-state index in [2.05, 4.69) is 57.0 Å². The zero-order valence-corrected chi connectivity index (χ0v) is 21.2. The molecule has 2 amide bonds. The highest BCUT2D eigenvalue weighted by molar-refractivity contribution is 6.06. The zero-order valence-electron chi connectivity index (χ0n) is 21.2. The number of benzene rings is 1. The summed E-state index contributed by atoms with van der Waals surface area (Å²) in [5.74, 6) is 0.482. The Balaban J connectivity index is 0.00000200. The fourth-order valence-electron chi connectivity index (χ4n) is 4.05. The second-order valence-corrected chi connectivity index (χ2v) is 11.0. The maximum Gasteiger partial charge on any atom is 0.256 e. The van der Waals surface area contributed by atoms with Gasteiger partial charge in [-0.05, 0) is 56.5 Å². The summed E-state index contributed by atoms with van der Waals surface area (Å²) in [6.07, 6.45) is 5.24. The van der Waals surface area contributed by atoms with Gasteiger partial charge in [0.2, 0.25) is 11.9 Å². The summed E-state index contributed by atoms with van der Waals surface area (Å²) in [5.41, 5.74) is 3.81. The van der Waals surface area contributed by atoms with Crippen molar-refractivity contribution in [1.82, 2.24) is 20.3 Å². The molecule has 0 spiro atoms. The minimum Gasteiger partial charge on any atom is -0.349 e. The molecule has 1 aliphatic carbocycles. The number of hydrogen-bond acceptors (Lipinski definition) is 7. The Morgan fingerprint density at radius 2 is 1.83 bits per heavy atom. The molecular weight excluding hydrogens is 454 g/mol. The van der Waals surface area contributed by atoms with Gasteiger partial charge in [-0.25, -0.2) is 4.98 Å². The maximum absolute atomic E-state index is 12.9. The van der Waals surface area contributed by atoms with Gasteiger partial charge in [0.1, 0.15) is 11.4 Å². The highest BCUT2D eigenvalue weighted by Gasteiger charge is 2.38. The molecule has 3 aromatic rings. The van der Waals surface area contributed by atoms with E-state index < -0.39 is 5.41 Å². The van der Waals surface area contributed by atoms with E-state index in [1.54, 1.807) is 6.20 Å². The molecule has 9 nitrogen and oxygen atoms in total. The van der Waals surface area contributed by atoms with Crippen molar-refractivity contribution in [2.45, 2.75) is 64.3 Å². The van der Waals surface area contributed by atoms with Crippen molar-refractivity contribution in [3.63, 3.8) is 0 Å². The third kappa shape index (κ3) is 4.73. The van der Waals surface area contributed by atoms with E-state index in [-0.39, 0.29) is 26.1 Å². The number of nitrogens with zero attached hydrogens (tertiary/aromatic N) is 3. The second-order valence-electron chi connectivity index (χ2n) is 11.0. The number of amides is 2. The summed E-state index contributed by atoms with van der Waals surface area (Å²) in [7, 11) is 0. The Hall–Kier alpha value is -4.01. The average Bonchev–Trinajstić information content (AvgIpc) is 3.59. The van der Waals surface area contributed by atoms with Gasteiger partial charge in [-0.1, -0.05) is 26.8 Å². The summed E-state index contributed by atoms with van der Waals surface area (Å²) >= 11 is 0. The first-order valence-corrected chi connectivity index (χ1v) is 12.2. The quantitative estimate of drug-likeness (QED) is 0.372. The zero-order chi connectivity index (χ0) is 25.7. The van der Waals surface area contributed by atoms with Gasteiger partial charge in [0.05, 0.1) is 5.41 Å². The fraction of sp³-hybridized carbons (Fsp3) is 0.370. The molecule has 0 unspecified atom stereocenters. The summed E-state index contributed by atoms with van der Waals surface area (Å²) in [5, 5.41) is 12.4. The molecule has 190 valence electrons. The van der Waals surface area contributed by atoms with Crippen LogP contribution in [-0.4, -0.2) is 32.8 Å². The molecule has 1 fully saturated rings. The van der Waals surface area contributed by atoms with E-state index in [4.69, 9.17) is 0 Å². The second kappa shape index (κ2) is 8.58. The Labute approximate surface area is 213 Å². The number of hydrogen-bond donors (Lipinski definition) is 4. The van der Waals surface area contributed by atoms with Crippen LogP contribution in [0.2, 0.25) is 0 Å². The van der Waals surface area contributed by atoms with Crippen LogP contribution in [-0.2, 0) is 15.6 Å². The van der Waals surface area contributed by atoms with Gasteiger partial charge >= 0.3 is 0 Å². The van der Waals surface area contributed by atoms with E-state index >= 15 is 0 Å². The predicted molar refractivity (Wildman–Crippen MR) is 144 cm³/mol. The summed E-state index contributed by atoms with van der Waals surface area (Å²) in [6.45, 7) is 10.1. The number of pyridine rings is 1. The number of anilines is 5. The number of fused-ring (bicyclic) bond motifs is 1. The van der Waals surface area contributed by atoms with Crippen molar-refractivity contribution in [3.8, 4) is 0 Å². The van der Waals surface area contributed by atoms with E-state index in [9.17, 15) is 9.59 Å². The molecule has 0 radical (unpaired) electrons. The SMILES string of the molecule is CC(C)(C)c1cc(Nc2nc(Nc3ccc4c(c3)NC(=O)C4(C)C)ncc2C(=O)NC2CC2)ccn1.[HH].[HH]. The number of nitrogens with one attached hydrogen (secondary N) is 4. The highest BCUT2D eigenvalue weighted by Crippen LogP contribution is 2.39. The van der Waals surface area contributed by atoms with Crippen LogP contribution >= 0.6 is 0 Å². The third-order valence-corrected chi connectivity index (χ3v) is 6.50. The molecule has 1 saturated carbocycles. The smallest absolute Gasteiger partial charge is 0.256 e. The van der Waals surface area contributed by atoms with Gasteiger partial charge in [0, 0.05) is 49.5 Å². The van der Waals surface area contributed by atoms with Crippen LogP contribution in [0, 0.1) is 0 Å². The summed E-state index contributed by atoms with van der Waals surface area (Å²) < 4.78 is 0. The summed E-state index contributed by atoms with van der Waals surface area (Å²) in [6, 6.07) is 9.70. The van der Waals surface area contributed by atoms with Crippen molar-refractivity contribution in [2.24, 2.45) is 0 Å². The Bertz CT molecular complexity index is 1370. The first kappa shape index (κ1) is 23.7. The van der Waals surface area contributed by atoms with Gasteiger partial charge in [-0.3, -0.25) is 14.6 Å². The topological polar surface area (TPSA) is 121 Å². The van der Waals surface area contributed by atoms with Crippen molar-refractivity contribution in [2.75, 3.05) is 16.0 Å². The van der Waals surface area contributed by atoms with Gasteiger partial charge in [-0.2, -0.15) is 4.98 Å². The van der Waals surface area contributed by atoms with Crippen LogP contribution in [0.4, 0.5) is 28.8 Å². The molecule has 36 heavy (non-hydrogen) atoms. The Kier molecular flexibility index (Phi) is 5.65. The lowest BCUT2D eigenvalue weighted by atomic mass is 9.86. The minimum atomic E-state index is -0.575. The molecule has 0 bridgehead atoms. The monoisotopic (exact) mass is 489 g/mol. The Morgan fingerprint density at radius 1 is 1.08 bits per heavy atom. The third-order valence-electron chi connectivity index (χ3n) is 6.50. The Morgan fingerprint density at radius 3 is 2.56 bits per heavy atom. The van der Waals surface area contributed by atoms with Crippen molar-refractivity contribution in [1.29, 1.82) is 0 Å². The van der Waals surface area contributed by atoms with E-state index in [1.165, 1.54) is 6.20 Å². The van der Waals surface area contributed by atoms with E-state index in [1.807, 2.05) is 44.2 Å². The first-order chi connectivity index (χ1) is 17.0. The van der Waals surface area contributed by atoms with Crippen LogP contribution < -0.4 is 21.3 Å². The molecule has 0 atom stereocenters. The number of carbonyl (C=O) groups is 2. The van der Waals surface area contributed by atoms with E-state index in [0.29, 0.717) is 17.3 Å². The lowest BCUT2D eigenvalue weighted by Gasteiger charge is -2.19. The molecule has 3 heterocycles. The van der Waals surface area contributed by atoms with Gasteiger partial charge in [0.25, 0.3) is 5.91 Å². The van der Waals surface area contributed by atoms with Crippen molar-refractivity contribution >= 4 is 40.6 Å². The van der Waals surface area contributed by atoms with Crippen LogP contribution in [0.25, 0.3) is 0 Å². The van der Waals surface area contributed by atoms with Crippen molar-refractivity contribution < 1.29 is 12.4 Å². The number of aromatic nitrogens is 3. The lowest BCUT2D eigenvalue weighted by molar-refractivity contribution is -0.119. The van der Waals surface area contributed by atoms with E-state index in [0.717, 1.165) is 41.2 Å². The van der Waals surface area contributed by atoms with Gasteiger partial charge < -0.3 is 21.3 Å². The van der Waals surface area contributed by atoms with Crippen LogP contribution in [0.3, 0.4) is 0 Å². The van der Waals surface area contributed by atoms with Crippen LogP contribution in [0.1, 0.15) is 71.9 Å². The molecule has 1 aliphatic heterocycles. The molecule has 4 N–H and O–H groups in total. The molecule has 2 aromatic heterocycles. The molecular formula is C27H35N7O2. The average molecular weight is 490 g/mol. The van der Waals surface area contributed by atoms with Crippen molar-refractivity contribution in [3.05, 3.63) is 59.5 Å². The standard InChI is InChI=1S/C27H31N7O2.2H2/c1-26(2,3)21-13-17(10-11-28-21)30-22-18(23(35)31-15-6-7-15)14-29-25(34-22)32-16-8-9-19-20(12-16)33-24(36)27(19,4)5;;/h8-15H,6-7H2,1-5H3,(H,31,35)(H,33,36)(H2,28,29,30,32,34);2*1H. The molecule has 9 heteroatoms. The predicted octanol–water partition coefficient (Wildman–Crippen LogP) is 5.27. The normalized spacial score (nSPS) is 16.2. The fourth-order valence-corrected chi connectivity index (χ4v) is 4.05. The van der Waals surface area contributed by atoms with Gasteiger partial charge in [0.15, 0.2) is 0 Å². The molecule has 5 rings (SSSR count). The molecule has 2 aliphatic rings. The summed E-state index contributed by atoms with van der Waals surface area (Å²) in [4.78, 5) is 38.7. The lowest BCUT2D eigenvalue weighted by Crippen LogP contribution is -2.26. The van der Waals surface area contributed by atoms with Crippen LogP contribution in [0.5, 0.6) is 0 Å². The van der Waals surface area contributed by atoms with Crippen LogP contribution in [0.15, 0.2) is 42.7 Å². The largest absolute Gasteiger partial charge is 0.349 e.